The maximum Gasteiger partial charge on any atom is 0.123 e. The summed E-state index contributed by atoms with van der Waals surface area (Å²) in [5, 5.41) is 1.91. The molecule has 196 valence electrons. The summed E-state index contributed by atoms with van der Waals surface area (Å²) in [4.78, 5) is 0. The van der Waals surface area contributed by atoms with Crippen LogP contribution >= 0.6 is 0 Å². The van der Waals surface area contributed by atoms with Gasteiger partial charge in [-0.1, -0.05) is 60.7 Å². The number of rotatable bonds is 4. The second-order valence-corrected chi connectivity index (χ2v) is 9.98. The van der Waals surface area contributed by atoms with Crippen LogP contribution in [0.3, 0.4) is 0 Å². The summed E-state index contributed by atoms with van der Waals surface area (Å²) >= 11 is 0. The summed E-state index contributed by atoms with van der Waals surface area (Å²) < 4.78 is 56.6. The average molecular weight is 533 g/mol. The first kappa shape index (κ1) is 25.6. The molecule has 6 aromatic carbocycles. The summed E-state index contributed by atoms with van der Waals surface area (Å²) in [6.45, 7) is 4.05. The van der Waals surface area contributed by atoms with E-state index in [-0.39, 0.29) is 23.3 Å². The van der Waals surface area contributed by atoms with E-state index in [1.807, 2.05) is 26.0 Å². The van der Waals surface area contributed by atoms with Crippen molar-refractivity contribution in [3.05, 3.63) is 144 Å². The lowest BCUT2D eigenvalue weighted by molar-refractivity contribution is 0.627. The minimum atomic E-state index is -0.373. The van der Waals surface area contributed by atoms with Crippen LogP contribution in [0.1, 0.15) is 11.1 Å². The van der Waals surface area contributed by atoms with Gasteiger partial charge in [-0.3, -0.25) is 0 Å². The van der Waals surface area contributed by atoms with E-state index in [9.17, 15) is 17.6 Å². The van der Waals surface area contributed by atoms with Gasteiger partial charge in [-0.2, -0.15) is 0 Å². The van der Waals surface area contributed by atoms with Crippen LogP contribution < -0.4 is 0 Å². The predicted octanol–water partition coefficient (Wildman–Crippen LogP) is 10.7. The molecule has 0 fully saturated rings. The van der Waals surface area contributed by atoms with Gasteiger partial charge in [0, 0.05) is 0 Å². The van der Waals surface area contributed by atoms with Gasteiger partial charge in [0.2, 0.25) is 0 Å². The molecule has 0 aliphatic rings. The van der Waals surface area contributed by atoms with E-state index in [2.05, 4.69) is 0 Å². The van der Waals surface area contributed by atoms with Gasteiger partial charge in [-0.25, -0.2) is 17.6 Å². The van der Waals surface area contributed by atoms with E-state index in [4.69, 9.17) is 0 Å². The minimum absolute atomic E-state index is 0.356. The third-order valence-corrected chi connectivity index (χ3v) is 7.40. The largest absolute Gasteiger partial charge is 0.207 e. The van der Waals surface area contributed by atoms with E-state index < -0.39 is 0 Å². The van der Waals surface area contributed by atoms with E-state index in [1.165, 1.54) is 48.5 Å². The SMILES string of the molecule is Cc1ccc(C)c2c(-c3ccc(F)cc3)c(-c3ccc(F)cc3)c(-c3ccc(F)cc3)c(-c3ccc(F)cc3)c12. The fraction of sp³-hybridized carbons (Fsp3) is 0.0556. The van der Waals surface area contributed by atoms with Gasteiger partial charge in [-0.15, -0.1) is 0 Å². The molecule has 0 unspecified atom stereocenters. The van der Waals surface area contributed by atoms with Gasteiger partial charge < -0.3 is 0 Å². The Morgan fingerprint density at radius 2 is 0.525 bits per heavy atom. The smallest absolute Gasteiger partial charge is 0.123 e. The highest BCUT2D eigenvalue weighted by Gasteiger charge is 2.26. The van der Waals surface area contributed by atoms with Crippen LogP contribution in [0.25, 0.3) is 55.3 Å². The van der Waals surface area contributed by atoms with Crippen molar-refractivity contribution < 1.29 is 17.6 Å². The molecule has 0 spiro atoms. The first-order valence-corrected chi connectivity index (χ1v) is 13.0. The molecule has 0 bridgehead atoms. The van der Waals surface area contributed by atoms with E-state index in [1.54, 1.807) is 48.5 Å². The standard InChI is InChI=1S/C36H24F4/c1-21-3-4-22(2)32-31(21)33(23-5-13-27(37)14-6-23)35(25-9-17-29(39)18-10-25)36(26-11-19-30(40)20-12-26)34(32)24-7-15-28(38)16-8-24/h3-20H,1-2H3. The lowest BCUT2D eigenvalue weighted by Gasteiger charge is -2.26. The van der Waals surface area contributed by atoms with Crippen molar-refractivity contribution in [2.24, 2.45) is 0 Å². The van der Waals surface area contributed by atoms with Gasteiger partial charge in [0.15, 0.2) is 0 Å². The van der Waals surface area contributed by atoms with Crippen molar-refractivity contribution in [3.63, 3.8) is 0 Å². The Balaban J connectivity index is 1.93. The van der Waals surface area contributed by atoms with E-state index in [0.717, 1.165) is 66.4 Å². The molecule has 0 heterocycles. The summed E-state index contributed by atoms with van der Waals surface area (Å²) in [5.74, 6) is -1.46. The van der Waals surface area contributed by atoms with Crippen molar-refractivity contribution in [1.82, 2.24) is 0 Å². The third-order valence-electron chi connectivity index (χ3n) is 7.40. The van der Waals surface area contributed by atoms with Crippen molar-refractivity contribution in [1.29, 1.82) is 0 Å². The first-order valence-electron chi connectivity index (χ1n) is 13.0. The van der Waals surface area contributed by atoms with Gasteiger partial charge >= 0.3 is 0 Å². The molecule has 0 saturated carbocycles. The molecule has 4 heteroatoms. The quantitative estimate of drug-likeness (QED) is 0.198. The summed E-state index contributed by atoms with van der Waals surface area (Å²) in [6, 6.07) is 29.2. The molecular formula is C36H24F4. The van der Waals surface area contributed by atoms with E-state index >= 15 is 0 Å². The van der Waals surface area contributed by atoms with Crippen LogP contribution in [-0.2, 0) is 0 Å². The predicted molar refractivity (Wildman–Crippen MR) is 155 cm³/mol. The molecular weight excluding hydrogens is 508 g/mol. The molecule has 0 aliphatic carbocycles. The zero-order chi connectivity index (χ0) is 28.0. The Morgan fingerprint density at radius 1 is 0.300 bits per heavy atom. The summed E-state index contributed by atoms with van der Waals surface area (Å²) in [5.41, 5.74) is 8.34. The second-order valence-electron chi connectivity index (χ2n) is 9.98. The Labute approximate surface area is 230 Å². The maximum absolute atomic E-state index is 14.2. The zero-order valence-electron chi connectivity index (χ0n) is 21.9. The second kappa shape index (κ2) is 10.1. The highest BCUT2D eigenvalue weighted by Crippen LogP contribution is 2.52. The maximum atomic E-state index is 14.2. The number of benzene rings is 6. The Kier molecular flexibility index (Phi) is 6.47. The Bertz CT molecular complexity index is 1710. The molecule has 6 rings (SSSR count). The number of fused-ring (bicyclic) bond motifs is 1. The van der Waals surface area contributed by atoms with Crippen molar-refractivity contribution in [3.8, 4) is 44.5 Å². The minimum Gasteiger partial charge on any atom is -0.207 e. The molecule has 0 aromatic heterocycles. The lowest BCUT2D eigenvalue weighted by Crippen LogP contribution is -2.00. The number of hydrogen-bond acceptors (Lipinski definition) is 0. The number of aryl methyl sites for hydroxylation is 2. The van der Waals surface area contributed by atoms with Gasteiger partial charge in [0.25, 0.3) is 0 Å². The van der Waals surface area contributed by atoms with Gasteiger partial charge in [0.1, 0.15) is 23.3 Å². The Morgan fingerprint density at radius 3 is 0.775 bits per heavy atom. The van der Waals surface area contributed by atoms with Crippen LogP contribution in [0.2, 0.25) is 0 Å². The molecule has 0 N–H and O–H groups in total. The van der Waals surface area contributed by atoms with Crippen molar-refractivity contribution in [2.75, 3.05) is 0 Å². The summed E-state index contributed by atoms with van der Waals surface area (Å²) in [6.07, 6.45) is 0. The van der Waals surface area contributed by atoms with Crippen LogP contribution in [0, 0.1) is 37.1 Å². The molecule has 0 aliphatic heterocycles. The molecule has 0 amide bonds. The third kappa shape index (κ3) is 4.46. The fourth-order valence-corrected chi connectivity index (χ4v) is 5.58. The highest BCUT2D eigenvalue weighted by molar-refractivity contribution is 6.19. The van der Waals surface area contributed by atoms with Crippen LogP contribution in [0.4, 0.5) is 17.6 Å². The molecule has 6 aromatic rings. The Hall–Kier alpha value is -4.70. The first-order chi connectivity index (χ1) is 19.3. The van der Waals surface area contributed by atoms with Crippen LogP contribution in [-0.4, -0.2) is 0 Å². The van der Waals surface area contributed by atoms with E-state index in [0.29, 0.717) is 0 Å². The fourth-order valence-electron chi connectivity index (χ4n) is 5.58. The van der Waals surface area contributed by atoms with Crippen LogP contribution in [0.15, 0.2) is 109 Å². The molecule has 40 heavy (non-hydrogen) atoms. The van der Waals surface area contributed by atoms with Gasteiger partial charge in [-0.05, 0) is 129 Å². The molecule has 0 nitrogen and oxygen atoms in total. The topological polar surface area (TPSA) is 0 Å². The number of halogens is 4. The van der Waals surface area contributed by atoms with Crippen LogP contribution in [0.5, 0.6) is 0 Å². The normalized spacial score (nSPS) is 11.2. The molecule has 0 atom stereocenters. The number of hydrogen-bond donors (Lipinski definition) is 0. The molecule has 0 radical (unpaired) electrons. The zero-order valence-corrected chi connectivity index (χ0v) is 21.9. The van der Waals surface area contributed by atoms with Gasteiger partial charge in [0.05, 0.1) is 0 Å². The molecule has 0 saturated heterocycles. The van der Waals surface area contributed by atoms with Crippen molar-refractivity contribution in [2.45, 2.75) is 13.8 Å². The summed E-state index contributed by atoms with van der Waals surface area (Å²) in [7, 11) is 0. The monoisotopic (exact) mass is 532 g/mol. The van der Waals surface area contributed by atoms with Crippen molar-refractivity contribution >= 4 is 10.8 Å². The lowest BCUT2D eigenvalue weighted by atomic mass is 9.77. The average Bonchev–Trinajstić information content (AvgIpc) is 2.96. The highest BCUT2D eigenvalue weighted by atomic mass is 19.1.